The molecule has 0 radical (unpaired) electrons. The summed E-state index contributed by atoms with van der Waals surface area (Å²) in [6, 6.07) is 7.61. The molecular formula is C15H22N2O2. The van der Waals surface area contributed by atoms with Gasteiger partial charge in [0, 0.05) is 6.54 Å². The van der Waals surface area contributed by atoms with Gasteiger partial charge in [-0.3, -0.25) is 4.79 Å². The summed E-state index contributed by atoms with van der Waals surface area (Å²) in [7, 11) is 1.63. The van der Waals surface area contributed by atoms with Gasteiger partial charge < -0.3 is 15.8 Å². The van der Waals surface area contributed by atoms with E-state index in [0.29, 0.717) is 18.4 Å². The van der Waals surface area contributed by atoms with Crippen LogP contribution in [0.5, 0.6) is 5.75 Å². The number of hydrogen-bond donors (Lipinski definition) is 2. The lowest BCUT2D eigenvalue weighted by molar-refractivity contribution is -0.120. The van der Waals surface area contributed by atoms with Gasteiger partial charge >= 0.3 is 0 Å². The first kappa shape index (κ1) is 13.9. The molecule has 1 aromatic carbocycles. The normalized spacial score (nSPS) is 15.9. The lowest BCUT2D eigenvalue weighted by Crippen LogP contribution is -2.32. The molecule has 0 spiro atoms. The first-order valence-corrected chi connectivity index (χ1v) is 6.77. The molecule has 4 heteroatoms. The molecule has 4 nitrogen and oxygen atoms in total. The zero-order valence-electron chi connectivity index (χ0n) is 11.4. The Morgan fingerprint density at radius 1 is 1.47 bits per heavy atom. The average Bonchev–Trinajstić information content (AvgIpc) is 3.17. The number of nitrogens with two attached hydrogens (primary N) is 1. The van der Waals surface area contributed by atoms with Crippen molar-refractivity contribution in [3.05, 3.63) is 29.8 Å². The lowest BCUT2D eigenvalue weighted by Gasteiger charge is -2.14. The van der Waals surface area contributed by atoms with Crippen LogP contribution in [0, 0.1) is 5.41 Å². The fourth-order valence-electron chi connectivity index (χ4n) is 2.31. The van der Waals surface area contributed by atoms with E-state index in [1.54, 1.807) is 7.11 Å². The van der Waals surface area contributed by atoms with Gasteiger partial charge in [-0.05, 0) is 48.9 Å². The van der Waals surface area contributed by atoms with Crippen molar-refractivity contribution in [2.75, 3.05) is 20.2 Å². The molecule has 0 atom stereocenters. The number of carbonyl (C=O) groups excluding carboxylic acids is 1. The number of carbonyl (C=O) groups is 1. The molecule has 0 heterocycles. The summed E-state index contributed by atoms with van der Waals surface area (Å²) in [6.07, 6.45) is 3.77. The van der Waals surface area contributed by atoms with Gasteiger partial charge in [-0.15, -0.1) is 0 Å². The zero-order chi connectivity index (χ0) is 13.7. The van der Waals surface area contributed by atoms with Crippen LogP contribution in [0.15, 0.2) is 24.3 Å². The minimum atomic E-state index is 0.0662. The van der Waals surface area contributed by atoms with E-state index in [2.05, 4.69) is 5.32 Å². The van der Waals surface area contributed by atoms with Crippen LogP contribution in [0.2, 0.25) is 0 Å². The van der Waals surface area contributed by atoms with Crippen molar-refractivity contribution in [2.24, 2.45) is 11.1 Å². The fraction of sp³-hybridized carbons (Fsp3) is 0.533. The van der Waals surface area contributed by atoms with Gasteiger partial charge in [-0.25, -0.2) is 0 Å². The number of methoxy groups -OCH3 is 1. The summed E-state index contributed by atoms with van der Waals surface area (Å²) in [4.78, 5) is 11.9. The second kappa shape index (κ2) is 6.06. The number of amides is 1. The maximum atomic E-state index is 11.9. The maximum Gasteiger partial charge on any atom is 0.224 e. The number of ether oxygens (including phenoxy) is 1. The van der Waals surface area contributed by atoms with Crippen molar-refractivity contribution in [2.45, 2.75) is 25.7 Å². The Kier molecular flexibility index (Phi) is 4.43. The van der Waals surface area contributed by atoms with Crippen LogP contribution in [0.25, 0.3) is 0 Å². The van der Waals surface area contributed by atoms with Gasteiger partial charge in [0.25, 0.3) is 0 Å². The van der Waals surface area contributed by atoms with Gasteiger partial charge in [0.2, 0.25) is 5.91 Å². The fourth-order valence-corrected chi connectivity index (χ4v) is 2.31. The first-order valence-electron chi connectivity index (χ1n) is 6.77. The third kappa shape index (κ3) is 3.96. The molecule has 104 valence electrons. The van der Waals surface area contributed by atoms with Gasteiger partial charge in [0.15, 0.2) is 0 Å². The number of benzene rings is 1. The second-order valence-corrected chi connectivity index (χ2v) is 5.34. The van der Waals surface area contributed by atoms with E-state index in [9.17, 15) is 4.79 Å². The van der Waals surface area contributed by atoms with E-state index >= 15 is 0 Å². The largest absolute Gasteiger partial charge is 0.497 e. The van der Waals surface area contributed by atoms with Crippen molar-refractivity contribution in [3.63, 3.8) is 0 Å². The van der Waals surface area contributed by atoms with Crippen LogP contribution in [-0.4, -0.2) is 26.1 Å². The second-order valence-electron chi connectivity index (χ2n) is 5.34. The van der Waals surface area contributed by atoms with E-state index in [4.69, 9.17) is 10.5 Å². The van der Waals surface area contributed by atoms with Crippen LogP contribution in [0.4, 0.5) is 0 Å². The molecule has 1 amide bonds. The monoisotopic (exact) mass is 262 g/mol. The standard InChI is InChI=1S/C15H22N2O2/c1-19-13-4-2-3-12(9-13)10-14(18)17-11-15(5-6-15)7-8-16/h2-4,9H,5-8,10-11,16H2,1H3,(H,17,18). The molecule has 0 bridgehead atoms. The predicted octanol–water partition coefficient (Wildman–Crippen LogP) is 1.48. The minimum absolute atomic E-state index is 0.0662. The molecule has 0 aromatic heterocycles. The van der Waals surface area contributed by atoms with Crippen LogP contribution in [-0.2, 0) is 11.2 Å². The Balaban J connectivity index is 1.81. The summed E-state index contributed by atoms with van der Waals surface area (Å²) in [5, 5.41) is 3.02. The molecule has 1 fully saturated rings. The zero-order valence-corrected chi connectivity index (χ0v) is 11.4. The lowest BCUT2D eigenvalue weighted by atomic mass is 10.0. The SMILES string of the molecule is COc1cccc(CC(=O)NCC2(CCN)CC2)c1. The number of hydrogen-bond acceptors (Lipinski definition) is 3. The molecule has 1 aliphatic carbocycles. The Morgan fingerprint density at radius 3 is 2.89 bits per heavy atom. The van der Waals surface area contributed by atoms with Crippen LogP contribution < -0.4 is 15.8 Å². The molecular weight excluding hydrogens is 240 g/mol. The summed E-state index contributed by atoms with van der Waals surface area (Å²) in [6.45, 7) is 1.46. The minimum Gasteiger partial charge on any atom is -0.497 e. The van der Waals surface area contributed by atoms with Gasteiger partial charge in [-0.2, -0.15) is 0 Å². The molecule has 0 saturated heterocycles. The Labute approximate surface area is 114 Å². The highest BCUT2D eigenvalue weighted by Crippen LogP contribution is 2.47. The smallest absolute Gasteiger partial charge is 0.224 e. The van der Waals surface area contributed by atoms with E-state index < -0.39 is 0 Å². The summed E-state index contributed by atoms with van der Waals surface area (Å²) >= 11 is 0. The Hall–Kier alpha value is -1.55. The van der Waals surface area contributed by atoms with Crippen LogP contribution >= 0.6 is 0 Å². The topological polar surface area (TPSA) is 64.3 Å². The third-order valence-electron chi connectivity index (χ3n) is 3.79. The quantitative estimate of drug-likeness (QED) is 0.782. The predicted molar refractivity (Wildman–Crippen MR) is 75.0 cm³/mol. The molecule has 1 saturated carbocycles. The maximum absolute atomic E-state index is 11.9. The molecule has 19 heavy (non-hydrogen) atoms. The van der Waals surface area contributed by atoms with Crippen molar-refractivity contribution < 1.29 is 9.53 Å². The Bertz CT molecular complexity index is 442. The molecule has 1 aromatic rings. The molecule has 0 unspecified atom stereocenters. The highest BCUT2D eigenvalue weighted by molar-refractivity contribution is 5.78. The van der Waals surface area contributed by atoms with E-state index in [-0.39, 0.29) is 5.91 Å². The average molecular weight is 262 g/mol. The van der Waals surface area contributed by atoms with Gasteiger partial charge in [-0.1, -0.05) is 12.1 Å². The molecule has 0 aliphatic heterocycles. The summed E-state index contributed by atoms with van der Waals surface area (Å²) < 4.78 is 5.15. The third-order valence-corrected chi connectivity index (χ3v) is 3.79. The molecule has 2 rings (SSSR count). The number of nitrogens with one attached hydrogen (secondary N) is 1. The van der Waals surface area contributed by atoms with Gasteiger partial charge in [0.05, 0.1) is 13.5 Å². The molecule has 3 N–H and O–H groups in total. The first-order chi connectivity index (χ1) is 9.17. The van der Waals surface area contributed by atoms with E-state index in [1.165, 1.54) is 12.8 Å². The van der Waals surface area contributed by atoms with E-state index in [0.717, 1.165) is 24.3 Å². The van der Waals surface area contributed by atoms with E-state index in [1.807, 2.05) is 24.3 Å². The highest BCUT2D eigenvalue weighted by Gasteiger charge is 2.41. The van der Waals surface area contributed by atoms with Gasteiger partial charge in [0.1, 0.15) is 5.75 Å². The molecule has 1 aliphatic rings. The summed E-state index contributed by atoms with van der Waals surface area (Å²) in [5.74, 6) is 0.851. The number of rotatable bonds is 7. The highest BCUT2D eigenvalue weighted by atomic mass is 16.5. The van der Waals surface area contributed by atoms with Crippen LogP contribution in [0.1, 0.15) is 24.8 Å². The van der Waals surface area contributed by atoms with Crippen molar-refractivity contribution in [1.82, 2.24) is 5.32 Å². The Morgan fingerprint density at radius 2 is 2.26 bits per heavy atom. The van der Waals surface area contributed by atoms with Crippen molar-refractivity contribution in [3.8, 4) is 5.75 Å². The van der Waals surface area contributed by atoms with Crippen molar-refractivity contribution in [1.29, 1.82) is 0 Å². The van der Waals surface area contributed by atoms with Crippen LogP contribution in [0.3, 0.4) is 0 Å². The summed E-state index contributed by atoms with van der Waals surface area (Å²) in [5.41, 5.74) is 6.85. The van der Waals surface area contributed by atoms with Crippen molar-refractivity contribution >= 4 is 5.91 Å².